The SMILES string of the molecule is Cc1[nH]c2ccc(NC(=O)c3cccc(Cl)c3)cc2c1[C@@H](Nc1ccccn1)c1ccccn1. The number of nitrogens with zero attached hydrogens (tertiary/aromatic N) is 2. The second-order valence-corrected chi connectivity index (χ2v) is 8.37. The molecule has 0 aliphatic rings. The van der Waals surface area contributed by atoms with Crippen molar-refractivity contribution in [2.75, 3.05) is 10.6 Å². The monoisotopic (exact) mass is 467 g/mol. The third-order valence-corrected chi connectivity index (χ3v) is 5.85. The number of carbonyl (C=O) groups is 1. The Balaban J connectivity index is 1.55. The normalized spacial score (nSPS) is 11.8. The van der Waals surface area contributed by atoms with E-state index in [4.69, 9.17) is 11.6 Å². The van der Waals surface area contributed by atoms with Crippen molar-refractivity contribution in [2.24, 2.45) is 0 Å². The molecule has 5 aromatic rings. The van der Waals surface area contributed by atoms with Crippen molar-refractivity contribution < 1.29 is 4.79 Å². The molecule has 0 fully saturated rings. The Hall–Kier alpha value is -4.16. The van der Waals surface area contributed by atoms with Crippen molar-refractivity contribution in [3.05, 3.63) is 119 Å². The number of amides is 1. The molecule has 0 spiro atoms. The molecule has 3 N–H and O–H groups in total. The number of hydrogen-bond donors (Lipinski definition) is 3. The molecule has 7 heteroatoms. The molecule has 1 amide bonds. The second-order valence-electron chi connectivity index (χ2n) is 7.94. The summed E-state index contributed by atoms with van der Waals surface area (Å²) in [5.41, 5.74) is 5.07. The second kappa shape index (κ2) is 9.37. The Morgan fingerprint density at radius 2 is 1.76 bits per heavy atom. The molecule has 3 heterocycles. The number of hydrogen-bond acceptors (Lipinski definition) is 4. The summed E-state index contributed by atoms with van der Waals surface area (Å²) in [5.74, 6) is 0.529. The molecule has 6 nitrogen and oxygen atoms in total. The van der Waals surface area contributed by atoms with Crippen LogP contribution in [-0.4, -0.2) is 20.9 Å². The van der Waals surface area contributed by atoms with Crippen LogP contribution in [0.2, 0.25) is 5.02 Å². The van der Waals surface area contributed by atoms with Crippen LogP contribution in [0.1, 0.15) is 33.4 Å². The van der Waals surface area contributed by atoms with Gasteiger partial charge in [-0.2, -0.15) is 0 Å². The van der Waals surface area contributed by atoms with Crippen LogP contribution < -0.4 is 10.6 Å². The largest absolute Gasteiger partial charge is 0.358 e. The number of carbonyl (C=O) groups excluding carboxylic acids is 1. The van der Waals surface area contributed by atoms with Gasteiger partial charge in [0.25, 0.3) is 5.91 Å². The van der Waals surface area contributed by atoms with Gasteiger partial charge in [0, 0.05) is 50.8 Å². The topological polar surface area (TPSA) is 82.7 Å². The third-order valence-electron chi connectivity index (χ3n) is 5.61. The Morgan fingerprint density at radius 3 is 2.50 bits per heavy atom. The fourth-order valence-corrected chi connectivity index (χ4v) is 4.26. The minimum absolute atomic E-state index is 0.219. The van der Waals surface area contributed by atoms with E-state index in [9.17, 15) is 4.79 Å². The summed E-state index contributed by atoms with van der Waals surface area (Å²) >= 11 is 6.05. The minimum Gasteiger partial charge on any atom is -0.358 e. The number of rotatable bonds is 6. The molecule has 1 atom stereocenters. The van der Waals surface area contributed by atoms with Crippen LogP contribution in [0.5, 0.6) is 0 Å². The Morgan fingerprint density at radius 1 is 0.941 bits per heavy atom. The fourth-order valence-electron chi connectivity index (χ4n) is 4.07. The quantitative estimate of drug-likeness (QED) is 0.271. The first kappa shape index (κ1) is 21.7. The van der Waals surface area contributed by atoms with Gasteiger partial charge in [0.15, 0.2) is 0 Å². The number of nitrogens with one attached hydrogen (secondary N) is 3. The average molecular weight is 468 g/mol. The van der Waals surface area contributed by atoms with Crippen molar-refractivity contribution in [3.8, 4) is 0 Å². The number of fused-ring (bicyclic) bond motifs is 1. The fraction of sp³-hybridized carbons (Fsp3) is 0.0741. The lowest BCUT2D eigenvalue weighted by Gasteiger charge is -2.20. The number of aromatic amines is 1. The Bertz CT molecular complexity index is 1450. The van der Waals surface area contributed by atoms with E-state index in [0.717, 1.165) is 33.7 Å². The molecule has 168 valence electrons. The van der Waals surface area contributed by atoms with Crippen LogP contribution >= 0.6 is 11.6 Å². The van der Waals surface area contributed by atoms with E-state index in [0.29, 0.717) is 16.3 Å². The van der Waals surface area contributed by atoms with Crippen molar-refractivity contribution >= 4 is 39.9 Å². The van der Waals surface area contributed by atoms with Gasteiger partial charge in [0.2, 0.25) is 0 Å². The van der Waals surface area contributed by atoms with E-state index in [-0.39, 0.29) is 11.9 Å². The highest BCUT2D eigenvalue weighted by Crippen LogP contribution is 2.35. The summed E-state index contributed by atoms with van der Waals surface area (Å²) in [6.07, 6.45) is 3.53. The van der Waals surface area contributed by atoms with Gasteiger partial charge in [-0.3, -0.25) is 9.78 Å². The summed E-state index contributed by atoms with van der Waals surface area (Å²) in [5, 5.41) is 8.02. The minimum atomic E-state index is -0.247. The molecule has 0 saturated carbocycles. The highest BCUT2D eigenvalue weighted by Gasteiger charge is 2.23. The predicted octanol–water partition coefficient (Wildman–Crippen LogP) is 6.37. The Kier molecular flexibility index (Phi) is 5.97. The van der Waals surface area contributed by atoms with Crippen LogP contribution in [0.3, 0.4) is 0 Å². The van der Waals surface area contributed by atoms with Gasteiger partial charge in [-0.1, -0.05) is 29.8 Å². The zero-order chi connectivity index (χ0) is 23.5. The van der Waals surface area contributed by atoms with Crippen molar-refractivity contribution in [2.45, 2.75) is 13.0 Å². The third kappa shape index (κ3) is 4.49. The Labute approximate surface area is 202 Å². The van der Waals surface area contributed by atoms with Crippen LogP contribution in [0.15, 0.2) is 91.3 Å². The maximum Gasteiger partial charge on any atom is 0.255 e. The van der Waals surface area contributed by atoms with Gasteiger partial charge >= 0.3 is 0 Å². The van der Waals surface area contributed by atoms with Gasteiger partial charge in [-0.05, 0) is 67.6 Å². The first-order valence-corrected chi connectivity index (χ1v) is 11.2. The summed E-state index contributed by atoms with van der Waals surface area (Å²) < 4.78 is 0. The summed E-state index contributed by atoms with van der Waals surface area (Å²) in [7, 11) is 0. The highest BCUT2D eigenvalue weighted by molar-refractivity contribution is 6.31. The molecular weight excluding hydrogens is 446 g/mol. The number of anilines is 2. The first-order valence-electron chi connectivity index (χ1n) is 10.9. The average Bonchev–Trinajstić information content (AvgIpc) is 3.18. The first-order chi connectivity index (χ1) is 16.6. The summed E-state index contributed by atoms with van der Waals surface area (Å²) in [4.78, 5) is 25.3. The molecule has 3 aromatic heterocycles. The van der Waals surface area contributed by atoms with Crippen LogP contribution in [0.25, 0.3) is 10.9 Å². The molecule has 0 saturated heterocycles. The van der Waals surface area contributed by atoms with E-state index in [1.807, 2.05) is 61.5 Å². The maximum absolute atomic E-state index is 12.8. The van der Waals surface area contributed by atoms with Crippen LogP contribution in [0, 0.1) is 6.92 Å². The molecule has 2 aromatic carbocycles. The number of H-pyrrole nitrogens is 1. The van der Waals surface area contributed by atoms with E-state index < -0.39 is 0 Å². The van der Waals surface area contributed by atoms with E-state index >= 15 is 0 Å². The van der Waals surface area contributed by atoms with Gasteiger partial charge < -0.3 is 15.6 Å². The van der Waals surface area contributed by atoms with Crippen molar-refractivity contribution in [3.63, 3.8) is 0 Å². The number of benzene rings is 2. The smallest absolute Gasteiger partial charge is 0.255 e. The highest BCUT2D eigenvalue weighted by atomic mass is 35.5. The standard InChI is InChI=1S/C27H22ClN5O/c1-17-25(26(23-9-2-4-13-29-23)33-24-10-3-5-14-30-24)21-16-20(11-12-22(21)31-17)32-27(34)18-7-6-8-19(28)15-18/h2-16,26,31H,1H3,(H,30,33)(H,32,34)/t26-/m0/s1. The lowest BCUT2D eigenvalue weighted by molar-refractivity contribution is 0.102. The molecule has 0 radical (unpaired) electrons. The van der Waals surface area contributed by atoms with E-state index in [1.54, 1.807) is 36.7 Å². The zero-order valence-corrected chi connectivity index (χ0v) is 19.2. The van der Waals surface area contributed by atoms with Gasteiger partial charge in [0.1, 0.15) is 5.82 Å². The lowest BCUT2D eigenvalue weighted by Crippen LogP contribution is -2.15. The van der Waals surface area contributed by atoms with Crippen molar-refractivity contribution in [1.82, 2.24) is 15.0 Å². The van der Waals surface area contributed by atoms with E-state index in [1.165, 1.54) is 0 Å². The molecule has 34 heavy (non-hydrogen) atoms. The van der Waals surface area contributed by atoms with Crippen molar-refractivity contribution in [1.29, 1.82) is 0 Å². The molecule has 0 aliphatic heterocycles. The van der Waals surface area contributed by atoms with E-state index in [2.05, 4.69) is 25.6 Å². The summed E-state index contributed by atoms with van der Waals surface area (Å²) in [6.45, 7) is 2.04. The molecule has 5 rings (SSSR count). The zero-order valence-electron chi connectivity index (χ0n) is 18.4. The molecule has 0 unspecified atom stereocenters. The van der Waals surface area contributed by atoms with Crippen LogP contribution in [-0.2, 0) is 0 Å². The molecule has 0 aliphatic carbocycles. The van der Waals surface area contributed by atoms with Crippen LogP contribution in [0.4, 0.5) is 11.5 Å². The summed E-state index contributed by atoms with van der Waals surface area (Å²) in [6, 6.07) is 24.1. The predicted molar refractivity (Wildman–Crippen MR) is 136 cm³/mol. The number of pyridine rings is 2. The maximum atomic E-state index is 12.8. The number of aromatic nitrogens is 3. The lowest BCUT2D eigenvalue weighted by atomic mass is 9.99. The van der Waals surface area contributed by atoms with Gasteiger partial charge in [-0.25, -0.2) is 4.98 Å². The van der Waals surface area contributed by atoms with Gasteiger partial charge in [-0.15, -0.1) is 0 Å². The molecule has 0 bridgehead atoms. The van der Waals surface area contributed by atoms with Gasteiger partial charge in [0.05, 0.1) is 11.7 Å². The number of aryl methyl sites for hydroxylation is 1. The number of halogens is 1. The molecular formula is C27H22ClN5O.